The van der Waals surface area contributed by atoms with Crippen molar-refractivity contribution >= 4 is 11.6 Å². The number of nitrogens with two attached hydrogens (primary N) is 1. The fourth-order valence-corrected chi connectivity index (χ4v) is 5.93. The van der Waals surface area contributed by atoms with Crippen LogP contribution in [0.15, 0.2) is 39.7 Å². The first-order valence-corrected chi connectivity index (χ1v) is 11.3. The van der Waals surface area contributed by atoms with Crippen molar-refractivity contribution in [1.29, 1.82) is 0 Å². The monoisotopic (exact) mass is 414 g/mol. The zero-order valence-electron chi connectivity index (χ0n) is 19.4. The molecule has 4 atom stereocenters. The number of carbonyl (C=O) groups excluding carboxylic acids is 1. The number of aliphatic hydroxyl groups excluding tert-OH is 1. The summed E-state index contributed by atoms with van der Waals surface area (Å²) in [6, 6.07) is 0.403. The molecule has 1 amide bonds. The zero-order valence-corrected chi connectivity index (χ0v) is 19.4. The molecule has 6 nitrogen and oxygen atoms in total. The van der Waals surface area contributed by atoms with E-state index in [1.165, 1.54) is 5.57 Å². The quantitative estimate of drug-likeness (QED) is 0.693. The van der Waals surface area contributed by atoms with Crippen LogP contribution in [0.1, 0.15) is 60.3 Å². The van der Waals surface area contributed by atoms with Gasteiger partial charge in [0.1, 0.15) is 0 Å². The Morgan fingerprint density at radius 3 is 2.60 bits per heavy atom. The summed E-state index contributed by atoms with van der Waals surface area (Å²) < 4.78 is 0. The highest BCUT2D eigenvalue weighted by Crippen LogP contribution is 2.48. The molecule has 0 aromatic rings. The second-order valence-electron chi connectivity index (χ2n) is 9.19. The lowest BCUT2D eigenvalue weighted by molar-refractivity contribution is -0.126. The first-order chi connectivity index (χ1) is 14.2. The lowest BCUT2D eigenvalue weighted by atomic mass is 9.69. The highest BCUT2D eigenvalue weighted by Gasteiger charge is 2.51. The number of hydrogen-bond donors (Lipinski definition) is 2. The van der Waals surface area contributed by atoms with Gasteiger partial charge in [-0.3, -0.25) is 14.7 Å². The normalized spacial score (nSPS) is 33.0. The molecule has 6 heteroatoms. The van der Waals surface area contributed by atoms with Gasteiger partial charge in [0.2, 0.25) is 0 Å². The predicted octanol–water partition coefficient (Wildman–Crippen LogP) is 3.00. The van der Waals surface area contributed by atoms with E-state index in [1.54, 1.807) is 13.2 Å². The highest BCUT2D eigenvalue weighted by atomic mass is 16.3. The number of aliphatic imine (C=N–C) groups is 1. The van der Waals surface area contributed by atoms with Crippen molar-refractivity contribution in [1.82, 2.24) is 9.80 Å². The van der Waals surface area contributed by atoms with Gasteiger partial charge in [-0.2, -0.15) is 0 Å². The van der Waals surface area contributed by atoms with Gasteiger partial charge in [-0.05, 0) is 71.7 Å². The SMILES string of the molecule is CCC1=C2N(CCC1N1CCC[C@H]1C(C)O)C(=O)C(=C(C)C)C(=NC)C2(C)/C=C\N. The van der Waals surface area contributed by atoms with Gasteiger partial charge in [0.05, 0.1) is 22.8 Å². The van der Waals surface area contributed by atoms with Crippen molar-refractivity contribution in [2.24, 2.45) is 16.1 Å². The van der Waals surface area contributed by atoms with Gasteiger partial charge in [0.25, 0.3) is 5.91 Å². The van der Waals surface area contributed by atoms with Crippen LogP contribution in [0.25, 0.3) is 0 Å². The average Bonchev–Trinajstić information content (AvgIpc) is 3.19. The van der Waals surface area contributed by atoms with Crippen LogP contribution in [0.3, 0.4) is 0 Å². The molecule has 0 saturated carbocycles. The number of piperidine rings is 1. The van der Waals surface area contributed by atoms with Crippen LogP contribution < -0.4 is 5.73 Å². The first kappa shape index (κ1) is 22.8. The summed E-state index contributed by atoms with van der Waals surface area (Å²) in [5.74, 6) is 0.0476. The molecule has 30 heavy (non-hydrogen) atoms. The van der Waals surface area contributed by atoms with E-state index in [0.29, 0.717) is 12.1 Å². The lowest BCUT2D eigenvalue weighted by Gasteiger charge is -2.50. The minimum absolute atomic E-state index is 0.0476. The summed E-state index contributed by atoms with van der Waals surface area (Å²) in [6.07, 6.45) is 7.07. The second kappa shape index (κ2) is 8.67. The van der Waals surface area contributed by atoms with Gasteiger partial charge in [-0.25, -0.2) is 0 Å². The van der Waals surface area contributed by atoms with E-state index in [1.807, 2.05) is 31.7 Å². The number of carbonyl (C=O) groups is 1. The van der Waals surface area contributed by atoms with Gasteiger partial charge >= 0.3 is 0 Å². The highest BCUT2D eigenvalue weighted by molar-refractivity contribution is 6.28. The second-order valence-corrected chi connectivity index (χ2v) is 9.19. The fourth-order valence-electron chi connectivity index (χ4n) is 5.93. The maximum Gasteiger partial charge on any atom is 0.259 e. The molecule has 2 fully saturated rings. The molecule has 166 valence electrons. The van der Waals surface area contributed by atoms with Crippen molar-refractivity contribution in [2.75, 3.05) is 20.1 Å². The van der Waals surface area contributed by atoms with Crippen LogP contribution >= 0.6 is 0 Å². The topological polar surface area (TPSA) is 82.2 Å². The molecule has 0 spiro atoms. The Morgan fingerprint density at radius 1 is 1.37 bits per heavy atom. The first-order valence-electron chi connectivity index (χ1n) is 11.3. The molecule has 0 aromatic carbocycles. The lowest BCUT2D eigenvalue weighted by Crippen LogP contribution is -2.57. The Hall–Kier alpha value is -1.92. The van der Waals surface area contributed by atoms with Gasteiger partial charge < -0.3 is 15.7 Å². The smallest absolute Gasteiger partial charge is 0.259 e. The number of rotatable bonds is 4. The Bertz CT molecular complexity index is 819. The molecular weight excluding hydrogens is 376 g/mol. The maximum atomic E-state index is 13.6. The van der Waals surface area contributed by atoms with Crippen LogP contribution in [0, 0.1) is 5.41 Å². The van der Waals surface area contributed by atoms with Crippen LogP contribution in [0.4, 0.5) is 0 Å². The molecule has 2 saturated heterocycles. The molecule has 0 aliphatic carbocycles. The molecular formula is C24H38N4O2. The number of allylic oxidation sites excluding steroid dienone is 2. The number of likely N-dealkylation sites (tertiary alicyclic amines) is 1. The molecule has 3 aliphatic heterocycles. The minimum atomic E-state index is -0.561. The van der Waals surface area contributed by atoms with Gasteiger partial charge in [0, 0.05) is 31.4 Å². The molecule has 0 radical (unpaired) electrons. The summed E-state index contributed by atoms with van der Waals surface area (Å²) in [7, 11) is 1.76. The van der Waals surface area contributed by atoms with E-state index in [-0.39, 0.29) is 24.1 Å². The van der Waals surface area contributed by atoms with Crippen molar-refractivity contribution in [2.45, 2.75) is 78.5 Å². The third-order valence-electron chi connectivity index (χ3n) is 7.12. The number of amides is 1. The van der Waals surface area contributed by atoms with Crippen LogP contribution in [-0.4, -0.2) is 64.9 Å². The molecule has 3 unspecified atom stereocenters. The van der Waals surface area contributed by atoms with Gasteiger partial charge in [0.15, 0.2) is 0 Å². The van der Waals surface area contributed by atoms with Crippen LogP contribution in [0.2, 0.25) is 0 Å². The Kier molecular flexibility index (Phi) is 6.58. The van der Waals surface area contributed by atoms with E-state index in [9.17, 15) is 9.90 Å². The maximum absolute atomic E-state index is 13.6. The standard InChI is InChI=1S/C24H38N4O2/c1-7-17-19(27-13-8-9-18(27)16(4)29)10-14-28-22(17)24(5,11-12-25)21(26-6)20(15(2)3)23(28)30/h11-12,16,18-19,29H,7-10,13-14,25H2,1-6H3/b12-11-,26-21?/t16?,18-,19?,24?/m0/s1. The van der Waals surface area contributed by atoms with E-state index in [4.69, 9.17) is 5.73 Å². The molecule has 0 aromatic heterocycles. The van der Waals surface area contributed by atoms with Crippen molar-refractivity contribution in [3.63, 3.8) is 0 Å². The number of fused-ring (bicyclic) bond motifs is 1. The summed E-state index contributed by atoms with van der Waals surface area (Å²) in [5.41, 5.74) is 10.2. The van der Waals surface area contributed by atoms with Gasteiger partial charge in [-0.15, -0.1) is 0 Å². The average molecular weight is 415 g/mol. The predicted molar refractivity (Wildman–Crippen MR) is 122 cm³/mol. The molecule has 3 rings (SSSR count). The van der Waals surface area contributed by atoms with E-state index < -0.39 is 5.41 Å². The largest absolute Gasteiger partial charge is 0.405 e. The van der Waals surface area contributed by atoms with E-state index >= 15 is 0 Å². The molecule has 3 N–H and O–H groups in total. The summed E-state index contributed by atoms with van der Waals surface area (Å²) in [6.45, 7) is 11.8. The molecule has 3 heterocycles. The summed E-state index contributed by atoms with van der Waals surface area (Å²) in [5, 5.41) is 10.4. The third-order valence-corrected chi connectivity index (χ3v) is 7.12. The minimum Gasteiger partial charge on any atom is -0.405 e. The Labute approximate surface area is 181 Å². The van der Waals surface area contributed by atoms with Crippen LogP contribution in [0.5, 0.6) is 0 Å². The van der Waals surface area contributed by atoms with E-state index in [0.717, 1.165) is 49.2 Å². The Balaban J connectivity index is 2.24. The van der Waals surface area contributed by atoms with Gasteiger partial charge in [-0.1, -0.05) is 18.6 Å². The van der Waals surface area contributed by atoms with E-state index in [2.05, 4.69) is 23.7 Å². The number of nitrogens with zero attached hydrogens (tertiary/aromatic N) is 3. The van der Waals surface area contributed by atoms with Crippen molar-refractivity contribution in [3.8, 4) is 0 Å². The number of aliphatic hydroxyl groups is 1. The zero-order chi connectivity index (χ0) is 22.2. The third kappa shape index (κ3) is 3.44. The summed E-state index contributed by atoms with van der Waals surface area (Å²) in [4.78, 5) is 22.6. The number of hydrogen-bond acceptors (Lipinski definition) is 5. The van der Waals surface area contributed by atoms with Crippen molar-refractivity contribution in [3.05, 3.63) is 34.7 Å². The Morgan fingerprint density at radius 2 is 2.07 bits per heavy atom. The summed E-state index contributed by atoms with van der Waals surface area (Å²) >= 11 is 0. The fraction of sp³-hybridized carbons (Fsp3) is 0.667. The molecule has 3 aliphatic rings. The van der Waals surface area contributed by atoms with Crippen molar-refractivity contribution < 1.29 is 9.90 Å². The molecule has 0 bridgehead atoms. The van der Waals surface area contributed by atoms with Crippen LogP contribution in [-0.2, 0) is 4.79 Å².